The Hall–Kier alpha value is -6.44. The number of fused-ring (bicyclic) bond motifs is 11. The van der Waals surface area contributed by atoms with Gasteiger partial charge < -0.3 is 4.90 Å². The lowest BCUT2D eigenvalue weighted by molar-refractivity contribution is 0.327. The second-order valence-corrected chi connectivity index (χ2v) is 17.3. The molecule has 8 aromatic carbocycles. The van der Waals surface area contributed by atoms with Crippen molar-refractivity contribution >= 4 is 17.1 Å². The Morgan fingerprint density at radius 2 is 1.07 bits per heavy atom. The first-order valence-corrected chi connectivity index (χ1v) is 21.2. The second-order valence-electron chi connectivity index (χ2n) is 17.3. The third kappa shape index (κ3) is 4.65. The predicted molar refractivity (Wildman–Crippen MR) is 240 cm³/mol. The van der Waals surface area contributed by atoms with E-state index in [1.54, 1.807) is 5.56 Å². The molecule has 12 rings (SSSR count). The minimum atomic E-state index is -0.487. The lowest BCUT2D eigenvalue weighted by atomic mass is 9.66. The Kier molecular flexibility index (Phi) is 7.42. The van der Waals surface area contributed by atoms with Crippen molar-refractivity contribution in [2.24, 2.45) is 11.8 Å². The van der Waals surface area contributed by atoms with Crippen molar-refractivity contribution in [3.8, 4) is 33.4 Å². The number of hydrogen-bond acceptors (Lipinski definition) is 1. The molecule has 0 aromatic heterocycles. The normalized spacial score (nSPS) is 21.7. The Bertz CT molecular complexity index is 2890. The fraction of sp³-hybridized carbons (Fsp3) is 0.158. The van der Waals surface area contributed by atoms with Gasteiger partial charge in [0.2, 0.25) is 0 Å². The zero-order valence-corrected chi connectivity index (χ0v) is 32.9. The molecule has 0 heterocycles. The van der Waals surface area contributed by atoms with Crippen LogP contribution < -0.4 is 4.90 Å². The van der Waals surface area contributed by atoms with Crippen molar-refractivity contribution in [1.29, 1.82) is 0 Å². The highest BCUT2D eigenvalue weighted by molar-refractivity contribution is 5.90. The molecule has 2 fully saturated rings. The number of aryl methyl sites for hydroxylation is 1. The molecule has 4 unspecified atom stereocenters. The van der Waals surface area contributed by atoms with Gasteiger partial charge in [-0.3, -0.25) is 0 Å². The first-order chi connectivity index (χ1) is 28.6. The lowest BCUT2D eigenvalue weighted by Gasteiger charge is -2.37. The summed E-state index contributed by atoms with van der Waals surface area (Å²) in [5, 5.41) is 0. The van der Waals surface area contributed by atoms with Gasteiger partial charge in [0.15, 0.2) is 0 Å². The molecule has 1 spiro atoms. The quantitative estimate of drug-likeness (QED) is 0.164. The molecule has 58 heavy (non-hydrogen) atoms. The zero-order valence-electron chi connectivity index (χ0n) is 32.9. The van der Waals surface area contributed by atoms with Crippen molar-refractivity contribution in [1.82, 2.24) is 0 Å². The first-order valence-electron chi connectivity index (χ1n) is 21.2. The second kappa shape index (κ2) is 12.8. The summed E-state index contributed by atoms with van der Waals surface area (Å²) in [6.45, 7) is 2.27. The van der Waals surface area contributed by atoms with Crippen LogP contribution in [0.15, 0.2) is 194 Å². The van der Waals surface area contributed by atoms with Crippen LogP contribution in [-0.4, -0.2) is 0 Å². The van der Waals surface area contributed by atoms with Gasteiger partial charge in [-0.05, 0) is 147 Å². The van der Waals surface area contributed by atoms with Gasteiger partial charge in [0.05, 0.1) is 5.41 Å². The molecule has 278 valence electrons. The van der Waals surface area contributed by atoms with Crippen molar-refractivity contribution in [2.75, 3.05) is 4.90 Å². The molecular formula is C57H45N. The molecule has 1 heteroatoms. The maximum absolute atomic E-state index is 2.59. The van der Waals surface area contributed by atoms with Gasteiger partial charge in [0.25, 0.3) is 0 Å². The van der Waals surface area contributed by atoms with Gasteiger partial charge in [-0.15, -0.1) is 0 Å². The highest BCUT2D eigenvalue weighted by Gasteiger charge is 2.57. The SMILES string of the molecule is Cc1cccc2c1-c1ccccc1C2(c1ccccc1)c1cccc(N(c2cccc(-c3ccccc3)c2)c2ccc3c(c2)C2(CC4CCC2C4)c2ccccc2-3)c1. The maximum Gasteiger partial charge on any atom is 0.0714 e. The third-order valence-electron chi connectivity index (χ3n) is 14.5. The molecule has 2 saturated carbocycles. The van der Waals surface area contributed by atoms with Crippen LogP contribution in [0.25, 0.3) is 33.4 Å². The summed E-state index contributed by atoms with van der Waals surface area (Å²) in [5.41, 5.74) is 20.8. The van der Waals surface area contributed by atoms with Gasteiger partial charge in [0.1, 0.15) is 0 Å². The van der Waals surface area contributed by atoms with Crippen LogP contribution in [0.3, 0.4) is 0 Å². The predicted octanol–water partition coefficient (Wildman–Crippen LogP) is 14.6. The topological polar surface area (TPSA) is 3.24 Å². The fourth-order valence-electron chi connectivity index (χ4n) is 12.3. The average molecular weight is 744 g/mol. The lowest BCUT2D eigenvalue weighted by Crippen LogP contribution is -2.32. The Balaban J connectivity index is 1.10. The molecule has 4 atom stereocenters. The van der Waals surface area contributed by atoms with E-state index in [4.69, 9.17) is 0 Å². The summed E-state index contributed by atoms with van der Waals surface area (Å²) in [4.78, 5) is 2.54. The van der Waals surface area contributed by atoms with E-state index in [0.29, 0.717) is 5.92 Å². The minimum absolute atomic E-state index is 0.0940. The first kappa shape index (κ1) is 33.7. The van der Waals surface area contributed by atoms with E-state index >= 15 is 0 Å². The van der Waals surface area contributed by atoms with Crippen LogP contribution in [0.1, 0.15) is 64.6 Å². The zero-order chi connectivity index (χ0) is 38.4. The van der Waals surface area contributed by atoms with E-state index in [1.165, 1.54) is 98.1 Å². The highest BCUT2D eigenvalue weighted by atomic mass is 15.1. The van der Waals surface area contributed by atoms with Gasteiger partial charge in [-0.1, -0.05) is 164 Å². The summed E-state index contributed by atoms with van der Waals surface area (Å²) >= 11 is 0. The van der Waals surface area contributed by atoms with Crippen LogP contribution in [-0.2, 0) is 10.8 Å². The molecule has 0 N–H and O–H groups in total. The Morgan fingerprint density at radius 1 is 0.448 bits per heavy atom. The van der Waals surface area contributed by atoms with Crippen molar-refractivity contribution in [3.63, 3.8) is 0 Å². The standard InChI is InChI=1S/C57H45N/c1-38-15-12-28-53-55(38)50-25-9-11-27-52(50)57(53,42-19-6-3-7-20-42)44-21-14-23-46(35-44)58(45-22-13-18-41(34-45)40-16-4-2-5-17-40)47-31-32-49-48-24-8-10-26-51(48)56(54(49)36-47)37-39-29-30-43(56)33-39/h2-28,31-32,34-36,39,43H,29-30,33,37H2,1H3. The largest absolute Gasteiger partial charge is 0.310 e. The average Bonchev–Trinajstić information content (AvgIpc) is 4.05. The third-order valence-corrected chi connectivity index (χ3v) is 14.5. The molecule has 0 aliphatic heterocycles. The molecule has 2 bridgehead atoms. The summed E-state index contributed by atoms with van der Waals surface area (Å²) in [5.74, 6) is 1.52. The van der Waals surface area contributed by atoms with E-state index in [1.807, 2.05) is 0 Å². The molecule has 0 amide bonds. The number of hydrogen-bond donors (Lipinski definition) is 0. The molecular weight excluding hydrogens is 699 g/mol. The van der Waals surface area contributed by atoms with Crippen LogP contribution in [0.4, 0.5) is 17.1 Å². The summed E-state index contributed by atoms with van der Waals surface area (Å²) in [7, 11) is 0. The molecule has 8 aromatic rings. The Morgan fingerprint density at radius 3 is 1.86 bits per heavy atom. The van der Waals surface area contributed by atoms with E-state index < -0.39 is 5.41 Å². The molecule has 0 radical (unpaired) electrons. The van der Waals surface area contributed by atoms with Crippen molar-refractivity contribution in [3.05, 3.63) is 233 Å². The van der Waals surface area contributed by atoms with Crippen molar-refractivity contribution in [2.45, 2.75) is 43.4 Å². The minimum Gasteiger partial charge on any atom is -0.310 e. The van der Waals surface area contributed by atoms with E-state index in [2.05, 4.69) is 206 Å². The highest BCUT2D eigenvalue weighted by Crippen LogP contribution is 2.66. The fourth-order valence-corrected chi connectivity index (χ4v) is 12.3. The summed E-state index contributed by atoms with van der Waals surface area (Å²) in [6, 6.07) is 73.4. The van der Waals surface area contributed by atoms with E-state index in [-0.39, 0.29) is 5.41 Å². The monoisotopic (exact) mass is 743 g/mol. The van der Waals surface area contributed by atoms with Gasteiger partial charge in [0, 0.05) is 22.5 Å². The van der Waals surface area contributed by atoms with Gasteiger partial charge in [-0.25, -0.2) is 0 Å². The van der Waals surface area contributed by atoms with Crippen molar-refractivity contribution < 1.29 is 0 Å². The van der Waals surface area contributed by atoms with E-state index in [9.17, 15) is 0 Å². The molecule has 4 aliphatic rings. The van der Waals surface area contributed by atoms with E-state index in [0.717, 1.165) is 17.3 Å². The van der Waals surface area contributed by atoms with Crippen LogP contribution in [0.5, 0.6) is 0 Å². The summed E-state index contributed by atoms with van der Waals surface area (Å²) < 4.78 is 0. The number of nitrogens with zero attached hydrogens (tertiary/aromatic N) is 1. The smallest absolute Gasteiger partial charge is 0.0714 e. The Labute approximate surface area is 342 Å². The van der Waals surface area contributed by atoms with Crippen LogP contribution in [0, 0.1) is 18.8 Å². The molecule has 1 nitrogen and oxygen atoms in total. The molecule has 4 aliphatic carbocycles. The molecule has 0 saturated heterocycles. The number of anilines is 3. The van der Waals surface area contributed by atoms with Crippen LogP contribution >= 0.6 is 0 Å². The number of benzene rings is 8. The van der Waals surface area contributed by atoms with Gasteiger partial charge in [-0.2, -0.15) is 0 Å². The number of rotatable bonds is 6. The maximum atomic E-state index is 2.59. The summed E-state index contributed by atoms with van der Waals surface area (Å²) in [6.07, 6.45) is 5.33. The van der Waals surface area contributed by atoms with Gasteiger partial charge >= 0.3 is 0 Å². The van der Waals surface area contributed by atoms with Crippen LogP contribution in [0.2, 0.25) is 0 Å².